The fourth-order valence-corrected chi connectivity index (χ4v) is 2.89. The van der Waals surface area contributed by atoms with Crippen LogP contribution in [0.1, 0.15) is 22.4 Å². The van der Waals surface area contributed by atoms with E-state index in [9.17, 15) is 0 Å². The summed E-state index contributed by atoms with van der Waals surface area (Å²) >= 11 is 0. The number of aryl methyl sites for hydroxylation is 4. The van der Waals surface area contributed by atoms with Gasteiger partial charge in [-0.3, -0.25) is 0 Å². The first kappa shape index (κ1) is 24.9. The molecular formula is C22H23Cl2NZr. The predicted molar refractivity (Wildman–Crippen MR) is 99.9 cm³/mol. The van der Waals surface area contributed by atoms with Crippen molar-refractivity contribution in [1.29, 1.82) is 0 Å². The van der Waals surface area contributed by atoms with Crippen LogP contribution in [0, 0.1) is 27.7 Å². The van der Waals surface area contributed by atoms with Gasteiger partial charge in [-0.05, 0) is 31.2 Å². The number of hydrogen-bond donors (Lipinski definition) is 0. The van der Waals surface area contributed by atoms with Crippen LogP contribution in [-0.2, 0) is 26.2 Å². The molecule has 0 fully saturated rings. The zero-order valence-corrected chi connectivity index (χ0v) is 19.5. The van der Waals surface area contributed by atoms with Crippen LogP contribution in [0.2, 0.25) is 0 Å². The summed E-state index contributed by atoms with van der Waals surface area (Å²) in [7, 11) is 0. The van der Waals surface area contributed by atoms with E-state index in [4.69, 9.17) is 0 Å². The Morgan fingerprint density at radius 3 is 2.08 bits per heavy atom. The molecule has 0 radical (unpaired) electrons. The second-order valence-electron chi connectivity index (χ2n) is 6.26. The van der Waals surface area contributed by atoms with E-state index >= 15 is 0 Å². The van der Waals surface area contributed by atoms with Gasteiger partial charge in [0.1, 0.15) is 0 Å². The van der Waals surface area contributed by atoms with E-state index in [1.54, 1.807) is 0 Å². The summed E-state index contributed by atoms with van der Waals surface area (Å²) in [5.74, 6) is 0. The van der Waals surface area contributed by atoms with E-state index < -0.39 is 0 Å². The minimum absolute atomic E-state index is 0. The average Bonchev–Trinajstić information content (AvgIpc) is 3.19. The summed E-state index contributed by atoms with van der Waals surface area (Å²) in [6, 6.07) is 21.5. The maximum absolute atomic E-state index is 2.25. The van der Waals surface area contributed by atoms with Gasteiger partial charge in [0.15, 0.2) is 0 Å². The Kier molecular flexibility index (Phi) is 10.5. The number of benzene rings is 1. The molecule has 0 aliphatic carbocycles. The van der Waals surface area contributed by atoms with Gasteiger partial charge in [-0.1, -0.05) is 19.9 Å². The van der Waals surface area contributed by atoms with Crippen LogP contribution in [-0.4, -0.2) is 4.57 Å². The fraction of sp³-hybridized carbons (Fsp3) is 0.182. The van der Waals surface area contributed by atoms with E-state index in [1.807, 2.05) is 0 Å². The van der Waals surface area contributed by atoms with Gasteiger partial charge in [-0.15, -0.1) is 41.1 Å². The van der Waals surface area contributed by atoms with Gasteiger partial charge in [0.2, 0.25) is 0 Å². The normalized spacial score (nSPS) is 9.38. The molecule has 0 saturated carbocycles. The minimum Gasteiger partial charge on any atom is -1.00 e. The van der Waals surface area contributed by atoms with E-state index in [1.165, 1.54) is 38.8 Å². The SMILES string of the molecule is Cc1cc(C)n(-c2cc3ccccc3[cH-]2)c1.Cc1ccc[c-]1C.[Cl-].[Cl-].[Zr+4]. The Labute approximate surface area is 188 Å². The number of nitrogens with zero attached hydrogens (tertiary/aromatic N) is 1. The van der Waals surface area contributed by atoms with Crippen molar-refractivity contribution in [2.24, 2.45) is 0 Å². The zero-order chi connectivity index (χ0) is 16.4. The quantitative estimate of drug-likeness (QED) is 0.350. The van der Waals surface area contributed by atoms with E-state index in [-0.39, 0.29) is 51.0 Å². The molecule has 1 aromatic heterocycles. The van der Waals surface area contributed by atoms with Crippen molar-refractivity contribution >= 4 is 10.8 Å². The average molecular weight is 464 g/mol. The molecule has 0 N–H and O–H groups in total. The van der Waals surface area contributed by atoms with Crippen LogP contribution < -0.4 is 24.8 Å². The third-order valence-corrected chi connectivity index (χ3v) is 4.34. The molecule has 134 valence electrons. The summed E-state index contributed by atoms with van der Waals surface area (Å²) in [6.45, 7) is 8.52. The second-order valence-corrected chi connectivity index (χ2v) is 6.26. The number of fused-ring (bicyclic) bond motifs is 1. The Hall–Kier alpha value is -1.08. The molecular weight excluding hydrogens is 440 g/mol. The molecule has 0 aliphatic heterocycles. The minimum atomic E-state index is 0. The molecule has 4 rings (SSSR count). The van der Waals surface area contributed by atoms with E-state index in [2.05, 4.69) is 99.1 Å². The molecule has 0 atom stereocenters. The molecule has 1 nitrogen and oxygen atoms in total. The predicted octanol–water partition coefficient (Wildman–Crippen LogP) is -0.00592. The van der Waals surface area contributed by atoms with Crippen molar-refractivity contribution in [3.05, 3.63) is 89.2 Å². The maximum atomic E-state index is 2.25. The van der Waals surface area contributed by atoms with Crippen molar-refractivity contribution in [2.45, 2.75) is 27.7 Å². The molecule has 0 aliphatic rings. The fourth-order valence-electron chi connectivity index (χ4n) is 2.89. The molecule has 3 aromatic carbocycles. The Bertz CT molecular complexity index is 881. The second kappa shape index (κ2) is 10.9. The molecule has 26 heavy (non-hydrogen) atoms. The third-order valence-electron chi connectivity index (χ3n) is 4.34. The molecule has 0 bridgehead atoms. The summed E-state index contributed by atoms with van der Waals surface area (Å²) in [6.07, 6.45) is 2.18. The third kappa shape index (κ3) is 5.71. The smallest absolute Gasteiger partial charge is 1.00 e. The Balaban J connectivity index is 0.000000542. The maximum Gasteiger partial charge on any atom is 4.00 e. The molecule has 4 heteroatoms. The summed E-state index contributed by atoms with van der Waals surface area (Å²) in [5.41, 5.74) is 6.63. The van der Waals surface area contributed by atoms with Gasteiger partial charge in [0.05, 0.1) is 0 Å². The first-order valence-electron chi connectivity index (χ1n) is 8.05. The Morgan fingerprint density at radius 2 is 1.62 bits per heavy atom. The van der Waals surface area contributed by atoms with E-state index in [0.29, 0.717) is 0 Å². The number of rotatable bonds is 1. The first-order chi connectivity index (χ1) is 11.0. The van der Waals surface area contributed by atoms with Crippen LogP contribution in [0.15, 0.2) is 66.9 Å². The van der Waals surface area contributed by atoms with Gasteiger partial charge < -0.3 is 29.4 Å². The summed E-state index contributed by atoms with van der Waals surface area (Å²) in [5, 5.41) is 2.62. The van der Waals surface area contributed by atoms with Crippen molar-refractivity contribution in [3.8, 4) is 5.69 Å². The monoisotopic (exact) mass is 461 g/mol. The zero-order valence-electron chi connectivity index (χ0n) is 15.6. The van der Waals surface area contributed by atoms with Crippen molar-refractivity contribution in [3.63, 3.8) is 0 Å². The number of aromatic nitrogens is 1. The van der Waals surface area contributed by atoms with Crippen molar-refractivity contribution < 1.29 is 51.0 Å². The van der Waals surface area contributed by atoms with Crippen LogP contribution in [0.5, 0.6) is 0 Å². The van der Waals surface area contributed by atoms with Crippen LogP contribution >= 0.6 is 0 Å². The van der Waals surface area contributed by atoms with Crippen LogP contribution in [0.3, 0.4) is 0 Å². The largest absolute Gasteiger partial charge is 4.00 e. The standard InChI is InChI=1S/C15H14N.C7H9.2ClH.Zr/c1-11-7-12(2)16(10-11)15-8-13-5-3-4-6-14(13)9-15;1-6-4-3-5-7(6)2;;;/h3-10H,1-2H3;3-5H,1-2H3;2*1H;/q2*-1;;;+4/p-2. The molecule has 0 saturated heterocycles. The Morgan fingerprint density at radius 1 is 0.923 bits per heavy atom. The number of hydrogen-bond acceptors (Lipinski definition) is 0. The number of halogens is 2. The van der Waals surface area contributed by atoms with Crippen molar-refractivity contribution in [2.75, 3.05) is 0 Å². The summed E-state index contributed by atoms with van der Waals surface area (Å²) < 4.78 is 2.25. The van der Waals surface area contributed by atoms with Gasteiger partial charge in [-0.2, -0.15) is 17.2 Å². The first-order valence-corrected chi connectivity index (χ1v) is 8.05. The molecule has 0 spiro atoms. The van der Waals surface area contributed by atoms with Crippen molar-refractivity contribution in [1.82, 2.24) is 4.57 Å². The van der Waals surface area contributed by atoms with E-state index in [0.717, 1.165) is 0 Å². The van der Waals surface area contributed by atoms with Gasteiger partial charge in [0, 0.05) is 11.9 Å². The topological polar surface area (TPSA) is 4.93 Å². The summed E-state index contributed by atoms with van der Waals surface area (Å²) in [4.78, 5) is 0. The van der Waals surface area contributed by atoms with Gasteiger partial charge in [0.25, 0.3) is 0 Å². The molecule has 0 unspecified atom stereocenters. The molecule has 0 amide bonds. The van der Waals surface area contributed by atoms with Crippen LogP contribution in [0.4, 0.5) is 0 Å². The molecule has 1 heterocycles. The van der Waals surface area contributed by atoms with Gasteiger partial charge in [-0.25, -0.2) is 12.1 Å². The van der Waals surface area contributed by atoms with Gasteiger partial charge >= 0.3 is 26.2 Å². The van der Waals surface area contributed by atoms with Crippen LogP contribution in [0.25, 0.3) is 16.5 Å². The molecule has 4 aromatic rings.